The van der Waals surface area contributed by atoms with Gasteiger partial charge in [0, 0.05) is 30.6 Å². The van der Waals surface area contributed by atoms with Crippen LogP contribution in [0, 0.1) is 11.3 Å². The van der Waals surface area contributed by atoms with Crippen molar-refractivity contribution in [2.75, 3.05) is 5.32 Å². The van der Waals surface area contributed by atoms with Crippen molar-refractivity contribution in [3.05, 3.63) is 96.1 Å². The molecule has 4 rings (SSSR count). The fourth-order valence-corrected chi connectivity index (χ4v) is 3.13. The van der Waals surface area contributed by atoms with Crippen molar-refractivity contribution in [2.24, 2.45) is 7.05 Å². The second kappa shape index (κ2) is 8.93. The van der Waals surface area contributed by atoms with E-state index in [2.05, 4.69) is 21.5 Å². The molecule has 1 N–H and O–H groups in total. The summed E-state index contributed by atoms with van der Waals surface area (Å²) in [5.74, 6) is 0.101. The molecule has 0 saturated carbocycles. The molecule has 0 atom stereocenters. The van der Waals surface area contributed by atoms with Gasteiger partial charge in [-0.3, -0.25) is 14.5 Å². The van der Waals surface area contributed by atoms with E-state index in [1.54, 1.807) is 59.7 Å². The van der Waals surface area contributed by atoms with E-state index in [0.29, 0.717) is 22.6 Å². The summed E-state index contributed by atoms with van der Waals surface area (Å²) in [6.07, 6.45) is 6.83. The summed E-state index contributed by atoms with van der Waals surface area (Å²) in [5.41, 5.74) is 3.98. The molecule has 152 valence electrons. The quantitative estimate of drug-likeness (QED) is 0.516. The largest absolute Gasteiger partial charge is 0.488 e. The topological polar surface area (TPSA) is 92.8 Å². The van der Waals surface area contributed by atoms with Crippen LogP contribution in [0.4, 0.5) is 5.69 Å². The Kier molecular flexibility index (Phi) is 5.72. The summed E-state index contributed by atoms with van der Waals surface area (Å²) in [4.78, 5) is 17.1. The number of carbonyl (C=O) groups excluding carboxylic acids is 1. The summed E-state index contributed by atoms with van der Waals surface area (Å²) >= 11 is 0. The van der Waals surface area contributed by atoms with Gasteiger partial charge < -0.3 is 10.1 Å². The zero-order valence-corrected chi connectivity index (χ0v) is 16.8. The molecule has 0 fully saturated rings. The van der Waals surface area contributed by atoms with Crippen molar-refractivity contribution in [2.45, 2.75) is 6.61 Å². The highest BCUT2D eigenvalue weighted by atomic mass is 16.5. The third-order valence-electron chi connectivity index (χ3n) is 4.70. The number of rotatable bonds is 6. The van der Waals surface area contributed by atoms with E-state index in [1.807, 2.05) is 31.4 Å². The molecule has 0 bridgehead atoms. The van der Waals surface area contributed by atoms with Crippen LogP contribution in [0.3, 0.4) is 0 Å². The van der Waals surface area contributed by atoms with Gasteiger partial charge in [0.2, 0.25) is 0 Å². The van der Waals surface area contributed by atoms with E-state index < -0.39 is 0 Å². The van der Waals surface area contributed by atoms with Crippen molar-refractivity contribution in [1.82, 2.24) is 14.8 Å². The van der Waals surface area contributed by atoms with E-state index in [4.69, 9.17) is 4.74 Å². The summed E-state index contributed by atoms with van der Waals surface area (Å²) in [5, 5.41) is 16.4. The third kappa shape index (κ3) is 4.60. The Morgan fingerprint density at radius 1 is 1.13 bits per heavy atom. The second-order valence-electron chi connectivity index (χ2n) is 6.87. The maximum Gasteiger partial charge on any atom is 0.259 e. The Hall–Kier alpha value is -4.44. The van der Waals surface area contributed by atoms with Crippen molar-refractivity contribution in [3.63, 3.8) is 0 Å². The Bertz CT molecular complexity index is 1260. The van der Waals surface area contributed by atoms with Crippen LogP contribution in [0.25, 0.3) is 11.1 Å². The predicted octanol–water partition coefficient (Wildman–Crippen LogP) is 4.19. The number of hydrogen-bond acceptors (Lipinski definition) is 5. The normalized spacial score (nSPS) is 10.3. The number of aromatic nitrogens is 3. The summed E-state index contributed by atoms with van der Waals surface area (Å²) in [7, 11) is 1.84. The molecule has 0 saturated heterocycles. The van der Waals surface area contributed by atoms with E-state index >= 15 is 0 Å². The van der Waals surface area contributed by atoms with Crippen LogP contribution in [-0.4, -0.2) is 20.7 Å². The molecule has 1 amide bonds. The number of aryl methyl sites for hydroxylation is 1. The molecule has 0 unspecified atom stereocenters. The number of anilines is 1. The fraction of sp³-hybridized carbons (Fsp3) is 0.0833. The number of benzene rings is 2. The van der Waals surface area contributed by atoms with Crippen LogP contribution in [0.2, 0.25) is 0 Å². The smallest absolute Gasteiger partial charge is 0.259 e. The first-order valence-corrected chi connectivity index (χ1v) is 9.59. The van der Waals surface area contributed by atoms with Crippen LogP contribution < -0.4 is 10.1 Å². The van der Waals surface area contributed by atoms with Crippen molar-refractivity contribution >= 4 is 11.6 Å². The van der Waals surface area contributed by atoms with Gasteiger partial charge in [0.15, 0.2) is 0 Å². The number of nitrogens with zero attached hydrogens (tertiary/aromatic N) is 4. The van der Waals surface area contributed by atoms with Gasteiger partial charge in [-0.1, -0.05) is 24.3 Å². The van der Waals surface area contributed by atoms with Crippen molar-refractivity contribution < 1.29 is 9.53 Å². The van der Waals surface area contributed by atoms with Crippen molar-refractivity contribution in [3.8, 4) is 22.9 Å². The molecule has 2 aromatic carbocycles. The van der Waals surface area contributed by atoms with Crippen molar-refractivity contribution in [1.29, 1.82) is 5.26 Å². The minimum atomic E-state index is -0.317. The predicted molar refractivity (Wildman–Crippen MR) is 116 cm³/mol. The second-order valence-corrected chi connectivity index (χ2v) is 6.87. The highest BCUT2D eigenvalue weighted by molar-refractivity contribution is 6.06. The molecule has 0 spiro atoms. The third-order valence-corrected chi connectivity index (χ3v) is 4.70. The maximum absolute atomic E-state index is 13.1. The highest BCUT2D eigenvalue weighted by Crippen LogP contribution is 2.28. The average Bonchev–Trinajstić information content (AvgIpc) is 3.24. The Morgan fingerprint density at radius 2 is 2.00 bits per heavy atom. The Labute approximate surface area is 179 Å². The van der Waals surface area contributed by atoms with Gasteiger partial charge in [0.1, 0.15) is 12.4 Å². The summed E-state index contributed by atoms with van der Waals surface area (Å²) in [6.45, 7) is 0.170. The monoisotopic (exact) mass is 409 g/mol. The van der Waals surface area contributed by atoms with Gasteiger partial charge in [-0.05, 0) is 35.9 Å². The first kappa shape index (κ1) is 19.9. The van der Waals surface area contributed by atoms with Crippen LogP contribution in [-0.2, 0) is 13.7 Å². The van der Waals surface area contributed by atoms with Gasteiger partial charge >= 0.3 is 0 Å². The van der Waals surface area contributed by atoms with E-state index in [-0.39, 0.29) is 12.5 Å². The number of amides is 1. The SMILES string of the molecule is Cn1cc(-c2ccc(OCc3ccccc3C#N)c(C(=O)Nc3cccnc3)c2)cn1. The lowest BCUT2D eigenvalue weighted by Gasteiger charge is -2.14. The van der Waals surface area contributed by atoms with Crippen LogP contribution in [0.1, 0.15) is 21.5 Å². The molecule has 2 heterocycles. The van der Waals surface area contributed by atoms with Gasteiger partial charge in [0.05, 0.1) is 35.3 Å². The van der Waals surface area contributed by atoms with Gasteiger partial charge in [0.25, 0.3) is 5.91 Å². The molecule has 0 aliphatic carbocycles. The molecule has 0 radical (unpaired) electrons. The molecule has 2 aromatic heterocycles. The zero-order chi connectivity index (χ0) is 21.6. The first-order valence-electron chi connectivity index (χ1n) is 9.59. The van der Waals surface area contributed by atoms with Gasteiger partial charge in [-0.2, -0.15) is 10.4 Å². The number of ether oxygens (including phenoxy) is 1. The molecular weight excluding hydrogens is 390 g/mol. The average molecular weight is 409 g/mol. The summed E-state index contributed by atoms with van der Waals surface area (Å²) in [6, 6.07) is 18.3. The molecule has 7 nitrogen and oxygen atoms in total. The van der Waals surface area contributed by atoms with Crippen LogP contribution >= 0.6 is 0 Å². The fourth-order valence-electron chi connectivity index (χ4n) is 3.13. The maximum atomic E-state index is 13.1. The summed E-state index contributed by atoms with van der Waals surface area (Å²) < 4.78 is 7.67. The van der Waals surface area contributed by atoms with Crippen LogP contribution in [0.5, 0.6) is 5.75 Å². The molecular formula is C24H19N5O2. The molecule has 7 heteroatoms. The number of nitrogens with one attached hydrogen (secondary N) is 1. The number of carbonyl (C=O) groups is 1. The Morgan fingerprint density at radius 3 is 2.74 bits per heavy atom. The van der Waals surface area contributed by atoms with Crippen LogP contribution in [0.15, 0.2) is 79.4 Å². The van der Waals surface area contributed by atoms with E-state index in [9.17, 15) is 10.1 Å². The molecule has 0 aliphatic rings. The van der Waals surface area contributed by atoms with E-state index in [1.165, 1.54) is 0 Å². The number of pyridine rings is 1. The molecule has 31 heavy (non-hydrogen) atoms. The minimum absolute atomic E-state index is 0.170. The highest BCUT2D eigenvalue weighted by Gasteiger charge is 2.16. The number of hydrogen-bond donors (Lipinski definition) is 1. The first-order chi connectivity index (χ1) is 15.1. The zero-order valence-electron chi connectivity index (χ0n) is 16.8. The standard InChI is InChI=1S/C24H19N5O2/c1-29-15-20(13-27-29)17-8-9-23(31-16-19-6-3-2-5-18(19)12-25)22(11-17)24(30)28-21-7-4-10-26-14-21/h2-11,13-15H,16H2,1H3,(H,28,30). The molecule has 4 aromatic rings. The lowest BCUT2D eigenvalue weighted by atomic mass is 10.0. The van der Waals surface area contributed by atoms with E-state index in [0.717, 1.165) is 16.7 Å². The lowest BCUT2D eigenvalue weighted by Crippen LogP contribution is -2.14. The Balaban J connectivity index is 1.66. The number of nitriles is 1. The minimum Gasteiger partial charge on any atom is -0.488 e. The lowest BCUT2D eigenvalue weighted by molar-refractivity contribution is 0.102. The van der Waals surface area contributed by atoms with Gasteiger partial charge in [-0.15, -0.1) is 0 Å². The van der Waals surface area contributed by atoms with Gasteiger partial charge in [-0.25, -0.2) is 0 Å². The molecule has 0 aliphatic heterocycles.